The highest BCUT2D eigenvalue weighted by Gasteiger charge is 2.55. The van der Waals surface area contributed by atoms with Crippen LogP contribution in [0.5, 0.6) is 28.7 Å². The summed E-state index contributed by atoms with van der Waals surface area (Å²) in [4.78, 5) is 13.5. The van der Waals surface area contributed by atoms with Gasteiger partial charge in [-0.2, -0.15) is 0 Å². The molecule has 2 heterocycles. The van der Waals surface area contributed by atoms with Gasteiger partial charge in [0.05, 0.1) is 32.8 Å². The molecule has 0 bridgehead atoms. The standard InChI is InChI=1S/C33H48O8Si2/c1-32(2,3)42(9,10)40-29-21-16-24-23(38-18-39-24)15-20(21)27(22-17-37-31(34)28(22)29)19-13-25(35-7)30(26(14-19)36-8)41-43(11,12)33(4,5)6/h13-16,22,27-29H,17-18H2,1-12H3/t22-,27-,28+,29-/m1/s1. The fraction of sp³-hybridized carbons (Fsp3) is 0.606. The summed E-state index contributed by atoms with van der Waals surface area (Å²) < 4.78 is 43.2. The molecular weight excluding hydrogens is 581 g/mol. The molecule has 0 N–H and O–H groups in total. The number of cyclic esters (lactones) is 1. The molecule has 2 aliphatic heterocycles. The maximum atomic E-state index is 13.5. The number of hydrogen-bond acceptors (Lipinski definition) is 8. The van der Waals surface area contributed by atoms with Gasteiger partial charge in [0.25, 0.3) is 8.32 Å². The molecule has 5 rings (SSSR count). The van der Waals surface area contributed by atoms with Crippen LogP contribution >= 0.6 is 0 Å². The summed E-state index contributed by atoms with van der Waals surface area (Å²) in [5, 5.41) is -0.0561. The number of fused-ring (bicyclic) bond motifs is 3. The fourth-order valence-corrected chi connectivity index (χ4v) is 8.04. The Balaban J connectivity index is 1.69. The molecule has 3 aliphatic rings. The molecule has 43 heavy (non-hydrogen) atoms. The van der Waals surface area contributed by atoms with Gasteiger partial charge in [-0.1, -0.05) is 41.5 Å². The Morgan fingerprint density at radius 3 is 1.81 bits per heavy atom. The van der Waals surface area contributed by atoms with E-state index in [1.54, 1.807) is 14.2 Å². The lowest BCUT2D eigenvalue weighted by atomic mass is 9.66. The molecule has 1 aliphatic carbocycles. The van der Waals surface area contributed by atoms with Crippen molar-refractivity contribution in [2.24, 2.45) is 11.8 Å². The quantitative estimate of drug-likeness (QED) is 0.227. The van der Waals surface area contributed by atoms with Gasteiger partial charge in [0.15, 0.2) is 37.1 Å². The van der Waals surface area contributed by atoms with E-state index < -0.39 is 28.7 Å². The lowest BCUT2D eigenvalue weighted by Crippen LogP contribution is -2.46. The molecule has 4 atom stereocenters. The molecule has 0 amide bonds. The molecule has 0 unspecified atom stereocenters. The van der Waals surface area contributed by atoms with Crippen molar-refractivity contribution < 1.29 is 37.3 Å². The van der Waals surface area contributed by atoms with Crippen molar-refractivity contribution in [2.75, 3.05) is 27.6 Å². The monoisotopic (exact) mass is 628 g/mol. The third-order valence-corrected chi connectivity index (χ3v) is 19.1. The van der Waals surface area contributed by atoms with Crippen LogP contribution in [-0.4, -0.2) is 50.2 Å². The second-order valence-corrected chi connectivity index (χ2v) is 24.5. The van der Waals surface area contributed by atoms with Gasteiger partial charge in [-0.3, -0.25) is 4.79 Å². The van der Waals surface area contributed by atoms with Crippen molar-refractivity contribution >= 4 is 22.6 Å². The number of ether oxygens (including phenoxy) is 5. The Bertz CT molecular complexity index is 1380. The average molecular weight is 629 g/mol. The molecule has 0 spiro atoms. The van der Waals surface area contributed by atoms with Crippen molar-refractivity contribution in [3.8, 4) is 28.7 Å². The molecule has 236 valence electrons. The van der Waals surface area contributed by atoms with Crippen molar-refractivity contribution in [1.82, 2.24) is 0 Å². The van der Waals surface area contributed by atoms with E-state index in [1.165, 1.54) is 0 Å². The Hall–Kier alpha value is -2.70. The Morgan fingerprint density at radius 1 is 0.767 bits per heavy atom. The number of hydrogen-bond donors (Lipinski definition) is 0. The van der Waals surface area contributed by atoms with Crippen LogP contribution < -0.4 is 23.4 Å². The predicted molar refractivity (Wildman–Crippen MR) is 171 cm³/mol. The summed E-state index contributed by atoms with van der Waals surface area (Å²) in [5.41, 5.74) is 2.93. The van der Waals surface area contributed by atoms with Crippen molar-refractivity contribution in [3.63, 3.8) is 0 Å². The zero-order valence-electron chi connectivity index (χ0n) is 27.8. The van der Waals surface area contributed by atoms with E-state index in [-0.39, 0.29) is 34.7 Å². The number of carbonyl (C=O) groups is 1. The zero-order valence-corrected chi connectivity index (χ0v) is 29.8. The molecule has 10 heteroatoms. The first kappa shape index (κ1) is 31.7. The lowest BCUT2D eigenvalue weighted by molar-refractivity contribution is -0.144. The molecule has 8 nitrogen and oxygen atoms in total. The summed E-state index contributed by atoms with van der Waals surface area (Å²) in [6.07, 6.45) is -0.452. The third kappa shape index (κ3) is 5.44. The Kier molecular flexibility index (Phi) is 7.92. The van der Waals surface area contributed by atoms with E-state index in [0.29, 0.717) is 35.4 Å². The highest BCUT2D eigenvalue weighted by molar-refractivity contribution is 6.75. The van der Waals surface area contributed by atoms with Crippen LogP contribution in [-0.2, 0) is 14.0 Å². The molecule has 0 aromatic heterocycles. The topological polar surface area (TPSA) is 81.7 Å². The van der Waals surface area contributed by atoms with E-state index >= 15 is 0 Å². The lowest BCUT2D eigenvalue weighted by Gasteiger charge is -2.45. The van der Waals surface area contributed by atoms with Crippen LogP contribution in [0.15, 0.2) is 24.3 Å². The first-order chi connectivity index (χ1) is 19.9. The van der Waals surface area contributed by atoms with Gasteiger partial charge in [-0.05, 0) is 77.2 Å². The fourth-order valence-electron chi connectivity index (χ4n) is 5.76. The second-order valence-electron chi connectivity index (χ2n) is 15.0. The van der Waals surface area contributed by atoms with Gasteiger partial charge in [-0.15, -0.1) is 0 Å². The summed E-state index contributed by atoms with van der Waals surface area (Å²) in [6.45, 7) is 22.5. The highest BCUT2D eigenvalue weighted by Crippen LogP contribution is 2.58. The summed E-state index contributed by atoms with van der Waals surface area (Å²) in [6, 6.07) is 8.12. The second kappa shape index (κ2) is 10.7. The molecule has 1 saturated heterocycles. The number of carbonyl (C=O) groups excluding carboxylic acids is 1. The number of rotatable bonds is 7. The van der Waals surface area contributed by atoms with E-state index in [9.17, 15) is 4.79 Å². The van der Waals surface area contributed by atoms with Crippen LogP contribution in [0, 0.1) is 11.8 Å². The van der Waals surface area contributed by atoms with Crippen molar-refractivity contribution in [1.29, 1.82) is 0 Å². The Morgan fingerprint density at radius 2 is 1.30 bits per heavy atom. The third-order valence-electron chi connectivity index (χ3n) is 10.4. The molecule has 1 fully saturated rings. The van der Waals surface area contributed by atoms with E-state index in [1.807, 2.05) is 18.2 Å². The van der Waals surface area contributed by atoms with Crippen LogP contribution in [0.4, 0.5) is 0 Å². The van der Waals surface area contributed by atoms with Crippen molar-refractivity contribution in [2.45, 2.75) is 89.8 Å². The molecule has 2 aromatic rings. The van der Waals surface area contributed by atoms with E-state index in [2.05, 4.69) is 73.8 Å². The molecule has 0 radical (unpaired) electrons. The smallest absolute Gasteiger partial charge is 0.312 e. The largest absolute Gasteiger partial charge is 0.539 e. The molecule has 2 aromatic carbocycles. The van der Waals surface area contributed by atoms with Crippen LogP contribution in [0.2, 0.25) is 36.3 Å². The predicted octanol–water partition coefficient (Wildman–Crippen LogP) is 7.81. The number of esters is 1. The number of benzene rings is 2. The maximum Gasteiger partial charge on any atom is 0.312 e. The van der Waals surface area contributed by atoms with Gasteiger partial charge in [0.2, 0.25) is 6.79 Å². The summed E-state index contributed by atoms with van der Waals surface area (Å²) in [5.74, 6) is 2.12. The minimum Gasteiger partial charge on any atom is -0.539 e. The molecular formula is C33H48O8Si2. The van der Waals surface area contributed by atoms with E-state index in [0.717, 1.165) is 16.7 Å². The maximum absolute atomic E-state index is 13.5. The van der Waals surface area contributed by atoms with Gasteiger partial charge in [-0.25, -0.2) is 0 Å². The van der Waals surface area contributed by atoms with Crippen LogP contribution in [0.3, 0.4) is 0 Å². The van der Waals surface area contributed by atoms with Crippen LogP contribution in [0.25, 0.3) is 0 Å². The van der Waals surface area contributed by atoms with E-state index in [4.69, 9.17) is 32.5 Å². The van der Waals surface area contributed by atoms with Crippen molar-refractivity contribution in [3.05, 3.63) is 41.0 Å². The first-order valence-corrected chi connectivity index (χ1v) is 20.9. The van der Waals surface area contributed by atoms with Gasteiger partial charge < -0.3 is 32.5 Å². The SMILES string of the molecule is COc1cc([C@@H]2c3cc4c(cc3[C@@H](O[Si](C)(C)C(C)(C)C)[C@H]3C(=O)OC[C@H]23)OCO4)cc(OC)c1O[Si](C)(C)C(C)(C)C. The van der Waals surface area contributed by atoms with Crippen LogP contribution in [0.1, 0.15) is 70.3 Å². The normalized spacial score (nSPS) is 23.4. The van der Waals surface area contributed by atoms with Gasteiger partial charge in [0.1, 0.15) is 0 Å². The average Bonchev–Trinajstić information content (AvgIpc) is 3.52. The minimum absolute atomic E-state index is 0.0135. The van der Waals surface area contributed by atoms with Gasteiger partial charge >= 0.3 is 5.97 Å². The first-order valence-electron chi connectivity index (χ1n) is 15.1. The highest BCUT2D eigenvalue weighted by atomic mass is 28.4. The Labute approximate surface area is 258 Å². The summed E-state index contributed by atoms with van der Waals surface area (Å²) >= 11 is 0. The van der Waals surface area contributed by atoms with Gasteiger partial charge in [0, 0.05) is 11.8 Å². The molecule has 0 saturated carbocycles. The minimum atomic E-state index is -2.29. The number of methoxy groups -OCH3 is 2. The zero-order chi connectivity index (χ0) is 31.7. The summed E-state index contributed by atoms with van der Waals surface area (Å²) in [7, 11) is -1.20.